The summed E-state index contributed by atoms with van der Waals surface area (Å²) in [6.07, 6.45) is 5.54. The fourth-order valence-corrected chi connectivity index (χ4v) is 2.79. The Morgan fingerprint density at radius 3 is 2.72 bits per heavy atom. The number of hydrogen-bond acceptors (Lipinski definition) is 6. The summed E-state index contributed by atoms with van der Waals surface area (Å²) in [6.45, 7) is 8.66. The van der Waals surface area contributed by atoms with Crippen LogP contribution in [0.15, 0.2) is 35.5 Å². The summed E-state index contributed by atoms with van der Waals surface area (Å²) in [7, 11) is 0. The van der Waals surface area contributed by atoms with Gasteiger partial charge in [0.05, 0.1) is 0 Å². The maximum Gasteiger partial charge on any atom is 0.226 e. The molecule has 1 aliphatic rings. The van der Waals surface area contributed by atoms with Crippen LogP contribution in [0.25, 0.3) is 11.4 Å². The van der Waals surface area contributed by atoms with Crippen molar-refractivity contribution >= 4 is 11.7 Å². The Hall–Kier alpha value is -2.70. The summed E-state index contributed by atoms with van der Waals surface area (Å²) in [5, 5.41) is 3.96. The van der Waals surface area contributed by atoms with Crippen molar-refractivity contribution in [3.63, 3.8) is 0 Å². The molecule has 0 atom stereocenters. The molecule has 25 heavy (non-hydrogen) atoms. The molecule has 7 heteroatoms. The smallest absolute Gasteiger partial charge is 0.226 e. The Morgan fingerprint density at radius 2 is 2.12 bits per heavy atom. The van der Waals surface area contributed by atoms with Crippen LogP contribution < -0.4 is 4.90 Å². The molecular formula is C18H23N5O2. The maximum atomic E-state index is 12.0. The largest absolute Gasteiger partial charge is 0.353 e. The van der Waals surface area contributed by atoms with Crippen LogP contribution >= 0.6 is 0 Å². The molecule has 0 aliphatic carbocycles. The van der Waals surface area contributed by atoms with Gasteiger partial charge in [-0.25, -0.2) is 4.98 Å². The minimum Gasteiger partial charge on any atom is -0.353 e. The van der Waals surface area contributed by atoms with E-state index < -0.39 is 0 Å². The van der Waals surface area contributed by atoms with E-state index in [1.54, 1.807) is 12.3 Å². The van der Waals surface area contributed by atoms with E-state index in [1.165, 1.54) is 0 Å². The summed E-state index contributed by atoms with van der Waals surface area (Å²) < 4.78 is 5.13. The fraction of sp³-hybridized carbons (Fsp3) is 0.444. The molecule has 0 bridgehead atoms. The van der Waals surface area contributed by atoms with Gasteiger partial charge >= 0.3 is 0 Å². The van der Waals surface area contributed by atoms with Gasteiger partial charge < -0.3 is 14.3 Å². The molecule has 0 radical (unpaired) electrons. The molecule has 2 aromatic heterocycles. The SMILES string of the molecule is C=CCCC(=O)N1CCN(c2ccc(-c3noc(CC)n3)cn2)CC1. The lowest BCUT2D eigenvalue weighted by Gasteiger charge is -2.35. The summed E-state index contributed by atoms with van der Waals surface area (Å²) in [5.41, 5.74) is 0.838. The number of rotatable bonds is 6. The number of aryl methyl sites for hydroxylation is 1. The molecule has 1 fully saturated rings. The first-order valence-corrected chi connectivity index (χ1v) is 8.64. The minimum absolute atomic E-state index is 0.201. The van der Waals surface area contributed by atoms with Gasteiger partial charge in [-0.05, 0) is 18.6 Å². The number of anilines is 1. The molecule has 0 N–H and O–H groups in total. The monoisotopic (exact) mass is 341 g/mol. The highest BCUT2D eigenvalue weighted by Gasteiger charge is 2.21. The number of allylic oxidation sites excluding steroid dienone is 1. The average molecular weight is 341 g/mol. The Labute approximate surface area is 147 Å². The number of aromatic nitrogens is 3. The first-order chi connectivity index (χ1) is 12.2. The lowest BCUT2D eigenvalue weighted by molar-refractivity contribution is -0.131. The van der Waals surface area contributed by atoms with Crippen molar-refractivity contribution < 1.29 is 9.32 Å². The molecule has 0 saturated carbocycles. The highest BCUT2D eigenvalue weighted by molar-refractivity contribution is 5.76. The van der Waals surface area contributed by atoms with Crippen LogP contribution in [0.2, 0.25) is 0 Å². The van der Waals surface area contributed by atoms with E-state index in [0.29, 0.717) is 24.6 Å². The Morgan fingerprint density at radius 1 is 1.32 bits per heavy atom. The molecule has 3 rings (SSSR count). The first kappa shape index (κ1) is 17.1. The predicted octanol–water partition coefficient (Wildman–Crippen LogP) is 2.31. The number of carbonyl (C=O) groups is 1. The highest BCUT2D eigenvalue weighted by atomic mass is 16.5. The van der Waals surface area contributed by atoms with Gasteiger partial charge in [0.15, 0.2) is 0 Å². The highest BCUT2D eigenvalue weighted by Crippen LogP contribution is 2.20. The lowest BCUT2D eigenvalue weighted by atomic mass is 10.2. The van der Waals surface area contributed by atoms with Crippen LogP contribution in [-0.4, -0.2) is 52.1 Å². The van der Waals surface area contributed by atoms with Gasteiger partial charge in [0, 0.05) is 50.8 Å². The number of pyridine rings is 1. The Kier molecular flexibility index (Phi) is 5.42. The molecule has 2 aromatic rings. The number of hydrogen-bond donors (Lipinski definition) is 0. The summed E-state index contributed by atoms with van der Waals surface area (Å²) >= 11 is 0. The molecule has 3 heterocycles. The van der Waals surface area contributed by atoms with Crippen molar-refractivity contribution in [2.75, 3.05) is 31.1 Å². The summed E-state index contributed by atoms with van der Waals surface area (Å²) in [5.74, 6) is 2.29. The Bertz CT molecular complexity index is 717. The zero-order valence-corrected chi connectivity index (χ0v) is 14.5. The molecule has 1 saturated heterocycles. The summed E-state index contributed by atoms with van der Waals surface area (Å²) in [6, 6.07) is 3.92. The molecule has 0 aromatic carbocycles. The topological polar surface area (TPSA) is 75.4 Å². The molecular weight excluding hydrogens is 318 g/mol. The van der Waals surface area contributed by atoms with Gasteiger partial charge in [0.1, 0.15) is 5.82 Å². The fourth-order valence-electron chi connectivity index (χ4n) is 2.79. The van der Waals surface area contributed by atoms with E-state index in [4.69, 9.17) is 4.52 Å². The predicted molar refractivity (Wildman–Crippen MR) is 95.1 cm³/mol. The van der Waals surface area contributed by atoms with Gasteiger partial charge in [-0.3, -0.25) is 4.79 Å². The van der Waals surface area contributed by atoms with Crippen LogP contribution in [-0.2, 0) is 11.2 Å². The molecule has 1 aliphatic heterocycles. The van der Waals surface area contributed by atoms with E-state index in [-0.39, 0.29) is 5.91 Å². The quantitative estimate of drug-likeness (QED) is 0.751. The standard InChI is InChI=1S/C18H23N5O2/c1-3-5-6-17(24)23-11-9-22(10-12-23)15-8-7-14(13-19-15)18-20-16(4-2)25-21-18/h3,7-8,13H,1,4-6,9-12H2,2H3. The van der Waals surface area contributed by atoms with Crippen LogP contribution in [0.3, 0.4) is 0 Å². The van der Waals surface area contributed by atoms with Gasteiger partial charge in [0.2, 0.25) is 17.6 Å². The number of nitrogens with zero attached hydrogens (tertiary/aromatic N) is 5. The average Bonchev–Trinajstić information content (AvgIpc) is 3.15. The van der Waals surface area contributed by atoms with Crippen molar-refractivity contribution in [1.82, 2.24) is 20.0 Å². The number of piperazine rings is 1. The molecule has 0 unspecified atom stereocenters. The maximum absolute atomic E-state index is 12.0. The van der Waals surface area contributed by atoms with Crippen LogP contribution in [0.1, 0.15) is 25.7 Å². The number of carbonyl (C=O) groups excluding carboxylic acids is 1. The van der Waals surface area contributed by atoms with Crippen LogP contribution in [0, 0.1) is 0 Å². The van der Waals surface area contributed by atoms with E-state index in [1.807, 2.05) is 24.0 Å². The van der Waals surface area contributed by atoms with Crippen LogP contribution in [0.4, 0.5) is 5.82 Å². The van der Waals surface area contributed by atoms with E-state index in [2.05, 4.69) is 26.6 Å². The zero-order valence-electron chi connectivity index (χ0n) is 14.5. The third-order valence-corrected chi connectivity index (χ3v) is 4.30. The van der Waals surface area contributed by atoms with Gasteiger partial charge in [0.25, 0.3) is 0 Å². The molecule has 7 nitrogen and oxygen atoms in total. The van der Waals surface area contributed by atoms with Crippen LogP contribution in [0.5, 0.6) is 0 Å². The second-order valence-corrected chi connectivity index (χ2v) is 5.97. The van der Waals surface area contributed by atoms with Crippen molar-refractivity contribution in [2.45, 2.75) is 26.2 Å². The molecule has 0 spiro atoms. The molecule has 1 amide bonds. The van der Waals surface area contributed by atoms with E-state index in [0.717, 1.165) is 44.0 Å². The van der Waals surface area contributed by atoms with Crippen molar-refractivity contribution in [3.05, 3.63) is 36.9 Å². The minimum atomic E-state index is 0.201. The zero-order chi connectivity index (χ0) is 17.6. The second-order valence-electron chi connectivity index (χ2n) is 5.97. The number of amides is 1. The van der Waals surface area contributed by atoms with E-state index in [9.17, 15) is 4.79 Å². The van der Waals surface area contributed by atoms with Gasteiger partial charge in [-0.15, -0.1) is 6.58 Å². The van der Waals surface area contributed by atoms with Crippen molar-refractivity contribution in [3.8, 4) is 11.4 Å². The second kappa shape index (κ2) is 7.92. The van der Waals surface area contributed by atoms with Crippen molar-refractivity contribution in [1.29, 1.82) is 0 Å². The normalized spacial score (nSPS) is 14.6. The Balaban J connectivity index is 1.58. The van der Waals surface area contributed by atoms with Gasteiger partial charge in [-0.1, -0.05) is 18.2 Å². The van der Waals surface area contributed by atoms with Crippen molar-refractivity contribution in [2.24, 2.45) is 0 Å². The lowest BCUT2D eigenvalue weighted by Crippen LogP contribution is -2.49. The van der Waals surface area contributed by atoms with E-state index >= 15 is 0 Å². The summed E-state index contributed by atoms with van der Waals surface area (Å²) in [4.78, 5) is 25.0. The van der Waals surface area contributed by atoms with Gasteiger partial charge in [-0.2, -0.15) is 4.98 Å². The first-order valence-electron chi connectivity index (χ1n) is 8.64. The molecule has 132 valence electrons. The third-order valence-electron chi connectivity index (χ3n) is 4.30. The third kappa shape index (κ3) is 4.04.